The molecule has 0 bridgehead atoms. The molecular weight excluding hydrogens is 336 g/mol. The van der Waals surface area contributed by atoms with Crippen molar-refractivity contribution in [3.05, 3.63) is 56.2 Å². The van der Waals surface area contributed by atoms with E-state index in [4.69, 9.17) is 0 Å². The third kappa shape index (κ3) is 3.82. The highest BCUT2D eigenvalue weighted by atomic mass is 79.9. The summed E-state index contributed by atoms with van der Waals surface area (Å²) in [7, 11) is 0. The zero-order valence-electron chi connectivity index (χ0n) is 9.87. The van der Waals surface area contributed by atoms with Crippen LogP contribution >= 0.6 is 27.3 Å². The van der Waals surface area contributed by atoms with Crippen LogP contribution in [0.1, 0.15) is 16.5 Å². The van der Waals surface area contributed by atoms with Gasteiger partial charge >= 0.3 is 0 Å². The SMILES string of the molecule is OC(CNCc1cc(Br)cs1)c1c(F)cccc1F. The highest BCUT2D eigenvalue weighted by molar-refractivity contribution is 9.10. The maximum atomic E-state index is 13.4. The lowest BCUT2D eigenvalue weighted by Gasteiger charge is -2.13. The predicted molar refractivity (Wildman–Crippen MR) is 75.0 cm³/mol. The lowest BCUT2D eigenvalue weighted by Crippen LogP contribution is -2.22. The largest absolute Gasteiger partial charge is 0.387 e. The second kappa shape index (κ2) is 6.56. The van der Waals surface area contributed by atoms with Crippen LogP contribution in [0, 0.1) is 11.6 Å². The van der Waals surface area contributed by atoms with E-state index in [9.17, 15) is 13.9 Å². The van der Waals surface area contributed by atoms with E-state index in [1.807, 2.05) is 11.4 Å². The molecular formula is C13H12BrF2NOS. The Bertz CT molecular complexity index is 541. The monoisotopic (exact) mass is 347 g/mol. The summed E-state index contributed by atoms with van der Waals surface area (Å²) in [5.41, 5.74) is -0.289. The maximum absolute atomic E-state index is 13.4. The van der Waals surface area contributed by atoms with Gasteiger partial charge in [-0.1, -0.05) is 6.07 Å². The minimum atomic E-state index is -1.20. The number of hydrogen-bond acceptors (Lipinski definition) is 3. The van der Waals surface area contributed by atoms with Crippen molar-refractivity contribution in [1.82, 2.24) is 5.32 Å². The fourth-order valence-corrected chi connectivity index (χ4v) is 3.13. The van der Waals surface area contributed by atoms with Crippen molar-refractivity contribution in [1.29, 1.82) is 0 Å². The van der Waals surface area contributed by atoms with Crippen LogP contribution in [0.15, 0.2) is 34.1 Å². The fraction of sp³-hybridized carbons (Fsp3) is 0.231. The molecule has 2 rings (SSSR count). The molecule has 0 aliphatic heterocycles. The van der Waals surface area contributed by atoms with Crippen LogP contribution in [0.3, 0.4) is 0 Å². The van der Waals surface area contributed by atoms with Gasteiger partial charge in [-0.3, -0.25) is 0 Å². The molecule has 0 spiro atoms. The van der Waals surface area contributed by atoms with Gasteiger partial charge < -0.3 is 10.4 Å². The molecule has 1 aromatic heterocycles. The molecule has 2 aromatic rings. The third-order valence-electron chi connectivity index (χ3n) is 2.59. The van der Waals surface area contributed by atoms with Crippen molar-refractivity contribution in [3.63, 3.8) is 0 Å². The van der Waals surface area contributed by atoms with Gasteiger partial charge in [0.15, 0.2) is 0 Å². The highest BCUT2D eigenvalue weighted by Gasteiger charge is 2.17. The first-order valence-electron chi connectivity index (χ1n) is 5.63. The van der Waals surface area contributed by atoms with Crippen molar-refractivity contribution >= 4 is 27.3 Å². The predicted octanol–water partition coefficient (Wildman–Crippen LogP) is 3.61. The van der Waals surface area contributed by atoms with E-state index < -0.39 is 17.7 Å². The van der Waals surface area contributed by atoms with E-state index in [2.05, 4.69) is 21.2 Å². The normalized spacial score (nSPS) is 12.6. The molecule has 102 valence electrons. The standard InChI is InChI=1S/C13H12BrF2NOS/c14-8-4-9(19-7-8)5-17-6-12(18)13-10(15)2-1-3-11(13)16/h1-4,7,12,17-18H,5-6H2. The molecule has 1 atom stereocenters. The summed E-state index contributed by atoms with van der Waals surface area (Å²) >= 11 is 4.91. The quantitative estimate of drug-likeness (QED) is 0.865. The van der Waals surface area contributed by atoms with Gasteiger partial charge in [0.25, 0.3) is 0 Å². The van der Waals surface area contributed by atoms with Crippen LogP contribution in [0.4, 0.5) is 8.78 Å². The number of halogens is 3. The fourth-order valence-electron chi connectivity index (χ4n) is 1.71. The molecule has 6 heteroatoms. The maximum Gasteiger partial charge on any atom is 0.131 e. The Hall–Kier alpha value is -0.820. The molecule has 0 amide bonds. The van der Waals surface area contributed by atoms with Crippen LogP contribution in [0.5, 0.6) is 0 Å². The van der Waals surface area contributed by atoms with E-state index in [-0.39, 0.29) is 12.1 Å². The topological polar surface area (TPSA) is 32.3 Å². The number of benzene rings is 1. The summed E-state index contributed by atoms with van der Waals surface area (Å²) in [6, 6.07) is 5.50. The molecule has 19 heavy (non-hydrogen) atoms. The van der Waals surface area contributed by atoms with E-state index in [1.165, 1.54) is 6.07 Å². The number of thiophene rings is 1. The summed E-state index contributed by atoms with van der Waals surface area (Å²) in [6.07, 6.45) is -1.20. The number of rotatable bonds is 5. The minimum absolute atomic E-state index is 0.0906. The Morgan fingerprint density at radius 1 is 1.32 bits per heavy atom. The molecule has 0 aliphatic carbocycles. The average molecular weight is 348 g/mol. The Morgan fingerprint density at radius 2 is 2.00 bits per heavy atom. The summed E-state index contributed by atoms with van der Waals surface area (Å²) < 4.78 is 27.8. The number of nitrogens with one attached hydrogen (secondary N) is 1. The third-order valence-corrected chi connectivity index (χ3v) is 4.29. The second-order valence-corrected chi connectivity index (χ2v) is 5.92. The van der Waals surface area contributed by atoms with E-state index in [0.717, 1.165) is 21.5 Å². The van der Waals surface area contributed by atoms with Crippen molar-refractivity contribution in [2.24, 2.45) is 0 Å². The van der Waals surface area contributed by atoms with Crippen molar-refractivity contribution in [2.45, 2.75) is 12.6 Å². The first kappa shape index (κ1) is 14.6. The lowest BCUT2D eigenvalue weighted by atomic mass is 10.1. The molecule has 0 fully saturated rings. The molecule has 0 saturated heterocycles. The van der Waals surface area contributed by atoms with Crippen LogP contribution in [0.2, 0.25) is 0 Å². The molecule has 1 heterocycles. The highest BCUT2D eigenvalue weighted by Crippen LogP contribution is 2.21. The Kier molecular flexibility index (Phi) is 5.04. The summed E-state index contributed by atoms with van der Waals surface area (Å²) in [6.45, 7) is 0.636. The van der Waals surface area contributed by atoms with Gasteiger partial charge in [-0.05, 0) is 34.1 Å². The zero-order chi connectivity index (χ0) is 13.8. The molecule has 2 nitrogen and oxygen atoms in total. The van der Waals surface area contributed by atoms with Crippen molar-refractivity contribution < 1.29 is 13.9 Å². The van der Waals surface area contributed by atoms with Gasteiger partial charge in [-0.2, -0.15) is 0 Å². The van der Waals surface area contributed by atoms with E-state index in [1.54, 1.807) is 11.3 Å². The Morgan fingerprint density at radius 3 is 2.58 bits per heavy atom. The van der Waals surface area contributed by atoms with Crippen LogP contribution < -0.4 is 5.32 Å². The van der Waals surface area contributed by atoms with Crippen LogP contribution in [-0.2, 0) is 6.54 Å². The summed E-state index contributed by atoms with van der Waals surface area (Å²) in [4.78, 5) is 1.08. The zero-order valence-corrected chi connectivity index (χ0v) is 12.3. The minimum Gasteiger partial charge on any atom is -0.387 e. The summed E-state index contributed by atoms with van der Waals surface area (Å²) in [5, 5.41) is 14.7. The van der Waals surface area contributed by atoms with Crippen LogP contribution in [-0.4, -0.2) is 11.7 Å². The lowest BCUT2D eigenvalue weighted by molar-refractivity contribution is 0.165. The van der Waals surface area contributed by atoms with Crippen molar-refractivity contribution in [3.8, 4) is 0 Å². The number of hydrogen-bond donors (Lipinski definition) is 2. The molecule has 2 N–H and O–H groups in total. The van der Waals surface area contributed by atoms with E-state index >= 15 is 0 Å². The van der Waals surface area contributed by atoms with Gasteiger partial charge in [0, 0.05) is 27.8 Å². The van der Waals surface area contributed by atoms with Crippen LogP contribution in [0.25, 0.3) is 0 Å². The Balaban J connectivity index is 1.92. The van der Waals surface area contributed by atoms with Gasteiger partial charge in [-0.15, -0.1) is 11.3 Å². The Labute approximate surface area is 122 Å². The average Bonchev–Trinajstić information content (AvgIpc) is 2.75. The smallest absolute Gasteiger partial charge is 0.131 e. The van der Waals surface area contributed by atoms with E-state index in [0.29, 0.717) is 6.54 Å². The van der Waals surface area contributed by atoms with Gasteiger partial charge in [0.1, 0.15) is 11.6 Å². The molecule has 0 aliphatic rings. The first-order valence-corrected chi connectivity index (χ1v) is 7.31. The molecule has 1 unspecified atom stereocenters. The van der Waals surface area contributed by atoms with Crippen molar-refractivity contribution in [2.75, 3.05) is 6.54 Å². The van der Waals surface area contributed by atoms with Gasteiger partial charge in [0.2, 0.25) is 0 Å². The number of aliphatic hydroxyl groups is 1. The summed E-state index contributed by atoms with van der Waals surface area (Å²) in [5.74, 6) is -1.46. The van der Waals surface area contributed by atoms with Gasteiger partial charge in [-0.25, -0.2) is 8.78 Å². The molecule has 0 saturated carbocycles. The molecule has 1 aromatic carbocycles. The second-order valence-electron chi connectivity index (χ2n) is 4.01. The van der Waals surface area contributed by atoms with Gasteiger partial charge in [0.05, 0.1) is 11.7 Å². The molecule has 0 radical (unpaired) electrons. The number of aliphatic hydroxyl groups excluding tert-OH is 1. The first-order chi connectivity index (χ1) is 9.08.